The molecule has 4 nitrogen and oxygen atoms in total. The molecular weight excluding hydrogens is 394 g/mol. The van der Waals surface area contributed by atoms with E-state index < -0.39 is 0 Å². The molecule has 2 aromatic heterocycles. The second kappa shape index (κ2) is 8.72. The number of nitrogens with zero attached hydrogens (tertiary/aromatic N) is 3. The van der Waals surface area contributed by atoms with Crippen LogP contribution in [0.1, 0.15) is 42.0 Å². The zero-order valence-corrected chi connectivity index (χ0v) is 18.2. The maximum Gasteiger partial charge on any atom is 0.273 e. The number of fused-ring (bicyclic) bond motifs is 1. The summed E-state index contributed by atoms with van der Waals surface area (Å²) in [4.78, 5) is 19.8. The Kier molecular flexibility index (Phi) is 5.47. The minimum atomic E-state index is -0.0224. The first kappa shape index (κ1) is 20.1. The summed E-state index contributed by atoms with van der Waals surface area (Å²) in [7, 11) is 0. The molecule has 158 valence electrons. The summed E-state index contributed by atoms with van der Waals surface area (Å²) in [6.07, 6.45) is 3.58. The zero-order valence-electron chi connectivity index (χ0n) is 18.2. The number of likely N-dealkylation sites (tertiary alicyclic amines) is 1. The van der Waals surface area contributed by atoms with Crippen LogP contribution in [0.15, 0.2) is 79.0 Å². The van der Waals surface area contributed by atoms with E-state index in [1.54, 1.807) is 12.3 Å². The summed E-state index contributed by atoms with van der Waals surface area (Å²) in [5.41, 5.74) is 5.18. The molecule has 4 aromatic rings. The van der Waals surface area contributed by atoms with Crippen LogP contribution in [0.25, 0.3) is 22.0 Å². The Labute approximate surface area is 188 Å². The van der Waals surface area contributed by atoms with Gasteiger partial charge in [0.25, 0.3) is 5.91 Å². The number of rotatable bonds is 4. The maximum absolute atomic E-state index is 13.4. The van der Waals surface area contributed by atoms with E-state index in [0.29, 0.717) is 12.2 Å². The molecule has 2 aromatic carbocycles. The normalized spacial score (nSPS) is 15.5. The second-order valence-electron chi connectivity index (χ2n) is 8.03. The van der Waals surface area contributed by atoms with Crippen molar-refractivity contribution in [1.82, 2.24) is 14.5 Å². The molecule has 32 heavy (non-hydrogen) atoms. The number of carbonyl (C=O) groups excluding carboxylic acids is 1. The number of carbonyl (C=O) groups is 1. The van der Waals surface area contributed by atoms with Gasteiger partial charge in [-0.2, -0.15) is 0 Å². The first-order valence-corrected chi connectivity index (χ1v) is 11.1. The van der Waals surface area contributed by atoms with Gasteiger partial charge < -0.3 is 9.47 Å². The number of hydrogen-bond acceptors (Lipinski definition) is 2. The van der Waals surface area contributed by atoms with Gasteiger partial charge in [0.15, 0.2) is 0 Å². The Morgan fingerprint density at radius 3 is 2.59 bits per heavy atom. The molecule has 1 saturated heterocycles. The van der Waals surface area contributed by atoms with Crippen molar-refractivity contribution in [3.8, 4) is 23.0 Å². The predicted octanol–water partition coefficient (Wildman–Crippen LogP) is 5.70. The first-order valence-electron chi connectivity index (χ1n) is 11.1. The van der Waals surface area contributed by atoms with E-state index in [1.807, 2.05) is 30.0 Å². The molecule has 1 atom stereocenters. The quantitative estimate of drug-likeness (QED) is 0.398. The molecule has 1 aliphatic heterocycles. The van der Waals surface area contributed by atoms with Crippen LogP contribution in [-0.2, 0) is 6.54 Å². The van der Waals surface area contributed by atoms with E-state index >= 15 is 0 Å². The highest BCUT2D eigenvalue weighted by Crippen LogP contribution is 2.43. The number of aromatic nitrogens is 2. The Bertz CT molecular complexity index is 1310. The molecule has 1 fully saturated rings. The minimum absolute atomic E-state index is 0.00880. The van der Waals surface area contributed by atoms with Crippen LogP contribution in [0, 0.1) is 11.8 Å². The van der Waals surface area contributed by atoms with Gasteiger partial charge in [0.05, 0.1) is 18.3 Å². The van der Waals surface area contributed by atoms with Gasteiger partial charge in [0, 0.05) is 29.2 Å². The Balaban J connectivity index is 1.73. The van der Waals surface area contributed by atoms with Gasteiger partial charge >= 0.3 is 0 Å². The van der Waals surface area contributed by atoms with E-state index in [2.05, 4.69) is 69.9 Å². The van der Waals surface area contributed by atoms with Crippen LogP contribution < -0.4 is 0 Å². The van der Waals surface area contributed by atoms with Crippen molar-refractivity contribution in [2.75, 3.05) is 6.54 Å². The fraction of sp³-hybridized carbons (Fsp3) is 0.214. The molecule has 1 amide bonds. The molecule has 4 heteroatoms. The first-order chi connectivity index (χ1) is 15.8. The molecule has 0 spiro atoms. The number of hydrogen-bond donors (Lipinski definition) is 0. The van der Waals surface area contributed by atoms with E-state index in [1.165, 1.54) is 22.2 Å². The maximum atomic E-state index is 13.4. The molecule has 0 N–H and O–H groups in total. The lowest BCUT2D eigenvalue weighted by Crippen LogP contribution is -2.32. The fourth-order valence-corrected chi connectivity index (χ4v) is 4.84. The Hall–Kier alpha value is -3.84. The number of pyridine rings is 1. The molecule has 0 saturated carbocycles. The van der Waals surface area contributed by atoms with E-state index in [0.717, 1.165) is 24.9 Å². The second-order valence-corrected chi connectivity index (χ2v) is 8.03. The molecule has 1 unspecified atom stereocenters. The van der Waals surface area contributed by atoms with Crippen molar-refractivity contribution >= 4 is 16.8 Å². The molecular formula is C28H25N3O. The van der Waals surface area contributed by atoms with Crippen LogP contribution in [0.4, 0.5) is 0 Å². The van der Waals surface area contributed by atoms with Crippen LogP contribution >= 0.6 is 0 Å². The summed E-state index contributed by atoms with van der Waals surface area (Å²) in [6, 6.07) is 24.5. The van der Waals surface area contributed by atoms with Gasteiger partial charge in [0.2, 0.25) is 0 Å². The van der Waals surface area contributed by atoms with Crippen molar-refractivity contribution in [1.29, 1.82) is 0 Å². The average Bonchev–Trinajstić information content (AvgIpc) is 3.46. The molecule has 1 aliphatic rings. The van der Waals surface area contributed by atoms with Gasteiger partial charge in [0.1, 0.15) is 5.69 Å². The number of amides is 1. The monoisotopic (exact) mass is 419 g/mol. The molecule has 0 aliphatic carbocycles. The third-order valence-electron chi connectivity index (χ3n) is 6.20. The smallest absolute Gasteiger partial charge is 0.273 e. The van der Waals surface area contributed by atoms with Crippen molar-refractivity contribution in [3.05, 3.63) is 90.4 Å². The molecule has 5 rings (SSSR count). The van der Waals surface area contributed by atoms with Crippen molar-refractivity contribution in [2.45, 2.75) is 32.4 Å². The zero-order chi connectivity index (χ0) is 21.9. The average molecular weight is 420 g/mol. The predicted molar refractivity (Wildman–Crippen MR) is 128 cm³/mol. The standard InChI is InChI=1S/C28H25N3O/c1-2-3-19-30-24-16-8-7-14-22(24)26(21-12-5-4-6-13-21)27(30)25-17-11-20-31(25)28(32)23-15-9-10-18-29-23/h4-10,12-16,18,25H,11,17,19-20H2,1H3. The largest absolute Gasteiger partial charge is 0.330 e. The molecule has 0 bridgehead atoms. The Morgan fingerprint density at radius 2 is 1.81 bits per heavy atom. The highest BCUT2D eigenvalue weighted by molar-refractivity contribution is 5.99. The summed E-state index contributed by atoms with van der Waals surface area (Å²) in [5.74, 6) is 6.30. The summed E-state index contributed by atoms with van der Waals surface area (Å²) >= 11 is 0. The summed E-state index contributed by atoms with van der Waals surface area (Å²) in [6.45, 7) is 3.20. The highest BCUT2D eigenvalue weighted by Gasteiger charge is 2.36. The number of para-hydroxylation sites is 1. The third-order valence-corrected chi connectivity index (χ3v) is 6.20. The molecule has 0 radical (unpaired) electrons. The molecule has 3 heterocycles. The van der Waals surface area contributed by atoms with Gasteiger partial charge in [-0.25, -0.2) is 0 Å². The SMILES string of the molecule is CC#CCn1c(C2CCCN2C(=O)c2ccccn2)c(-c2ccccc2)c2ccccc21. The van der Waals surface area contributed by atoms with E-state index in [4.69, 9.17) is 0 Å². The van der Waals surface area contributed by atoms with Crippen LogP contribution in [-0.4, -0.2) is 26.9 Å². The van der Waals surface area contributed by atoms with Crippen LogP contribution in [0.2, 0.25) is 0 Å². The van der Waals surface area contributed by atoms with Crippen molar-refractivity contribution < 1.29 is 4.79 Å². The van der Waals surface area contributed by atoms with E-state index in [9.17, 15) is 4.79 Å². The summed E-state index contributed by atoms with van der Waals surface area (Å²) in [5, 5.41) is 1.20. The van der Waals surface area contributed by atoms with Crippen LogP contribution in [0.3, 0.4) is 0 Å². The van der Waals surface area contributed by atoms with Crippen molar-refractivity contribution in [3.63, 3.8) is 0 Å². The summed E-state index contributed by atoms with van der Waals surface area (Å²) < 4.78 is 2.31. The fourth-order valence-electron chi connectivity index (χ4n) is 4.84. The van der Waals surface area contributed by atoms with Crippen LogP contribution in [0.5, 0.6) is 0 Å². The lowest BCUT2D eigenvalue weighted by molar-refractivity contribution is 0.0725. The van der Waals surface area contributed by atoms with E-state index in [-0.39, 0.29) is 11.9 Å². The highest BCUT2D eigenvalue weighted by atomic mass is 16.2. The lowest BCUT2D eigenvalue weighted by Gasteiger charge is -2.27. The van der Waals surface area contributed by atoms with Gasteiger partial charge in [-0.15, -0.1) is 5.92 Å². The van der Waals surface area contributed by atoms with Gasteiger partial charge in [-0.05, 0) is 43.5 Å². The van der Waals surface area contributed by atoms with Gasteiger partial charge in [-0.3, -0.25) is 9.78 Å². The minimum Gasteiger partial charge on any atom is -0.330 e. The lowest BCUT2D eigenvalue weighted by atomic mass is 9.97. The van der Waals surface area contributed by atoms with Gasteiger partial charge in [-0.1, -0.05) is 60.5 Å². The topological polar surface area (TPSA) is 38.1 Å². The number of benzene rings is 2. The Morgan fingerprint density at radius 1 is 1.03 bits per heavy atom. The van der Waals surface area contributed by atoms with Crippen molar-refractivity contribution in [2.24, 2.45) is 0 Å². The third kappa shape index (κ3) is 3.46.